The first-order valence-electron chi connectivity index (χ1n) is 7.39. The summed E-state index contributed by atoms with van der Waals surface area (Å²) < 4.78 is 0.962. The number of hydrogen-bond acceptors (Lipinski definition) is 4. The molecule has 1 aromatic heterocycles. The van der Waals surface area contributed by atoms with E-state index < -0.39 is 17.4 Å². The first-order valence-corrected chi connectivity index (χ1v) is 9.06. The molecular formula is C17H19BrN2O3S. The van der Waals surface area contributed by atoms with Crippen LogP contribution in [0.3, 0.4) is 0 Å². The lowest BCUT2D eigenvalue weighted by Gasteiger charge is -2.27. The third-order valence-electron chi connectivity index (χ3n) is 3.38. The fourth-order valence-electron chi connectivity index (χ4n) is 2.17. The van der Waals surface area contributed by atoms with Gasteiger partial charge in [0.15, 0.2) is 0 Å². The van der Waals surface area contributed by atoms with E-state index in [2.05, 4.69) is 26.2 Å². The molecule has 24 heavy (non-hydrogen) atoms. The van der Waals surface area contributed by atoms with Gasteiger partial charge in [-0.25, -0.2) is 9.78 Å². The van der Waals surface area contributed by atoms with E-state index in [1.807, 2.05) is 29.6 Å². The van der Waals surface area contributed by atoms with Crippen LogP contribution in [-0.2, 0) is 16.0 Å². The smallest absolute Gasteiger partial charge is 0.326 e. The number of aromatic nitrogens is 1. The van der Waals surface area contributed by atoms with Gasteiger partial charge in [-0.2, -0.15) is 0 Å². The number of rotatable bonds is 5. The summed E-state index contributed by atoms with van der Waals surface area (Å²) in [4.78, 5) is 27.9. The van der Waals surface area contributed by atoms with Crippen LogP contribution >= 0.6 is 27.3 Å². The van der Waals surface area contributed by atoms with Crippen molar-refractivity contribution in [2.24, 2.45) is 5.41 Å². The molecule has 128 valence electrons. The Morgan fingerprint density at radius 1 is 1.38 bits per heavy atom. The maximum absolute atomic E-state index is 12.2. The highest BCUT2D eigenvalue weighted by Gasteiger charge is 2.32. The van der Waals surface area contributed by atoms with Gasteiger partial charge in [0, 0.05) is 15.4 Å². The maximum atomic E-state index is 12.2. The van der Waals surface area contributed by atoms with Crippen molar-refractivity contribution in [3.63, 3.8) is 0 Å². The summed E-state index contributed by atoms with van der Waals surface area (Å²) in [5.41, 5.74) is 1.04. The standard InChI is InChI=1S/C17H19BrN2O3S/c1-17(2,3)14(16(22)23)20-13(21)8-12-9-24-15(19-12)10-5-4-6-11(18)7-10/h4-7,9,14H,8H2,1-3H3,(H,20,21)(H,22,23)/t14-/m1/s1. The number of thiazole rings is 1. The number of aliphatic carboxylic acids is 1. The number of carbonyl (C=O) groups is 2. The topological polar surface area (TPSA) is 79.3 Å². The minimum atomic E-state index is -1.04. The predicted octanol–water partition coefficient (Wildman–Crippen LogP) is 3.73. The van der Waals surface area contributed by atoms with Crippen molar-refractivity contribution in [3.8, 4) is 10.6 Å². The van der Waals surface area contributed by atoms with Crippen LogP contribution in [0.1, 0.15) is 26.5 Å². The fraction of sp³-hybridized carbons (Fsp3) is 0.353. The highest BCUT2D eigenvalue weighted by molar-refractivity contribution is 9.10. The van der Waals surface area contributed by atoms with Crippen molar-refractivity contribution in [2.75, 3.05) is 0 Å². The molecular weight excluding hydrogens is 392 g/mol. The molecule has 0 radical (unpaired) electrons. The number of nitrogens with zero attached hydrogens (tertiary/aromatic N) is 1. The third-order valence-corrected chi connectivity index (χ3v) is 4.82. The number of carboxylic acids is 1. The largest absolute Gasteiger partial charge is 0.480 e. The van der Waals surface area contributed by atoms with Gasteiger partial charge >= 0.3 is 5.97 Å². The molecule has 0 saturated heterocycles. The molecule has 0 bridgehead atoms. The lowest BCUT2D eigenvalue weighted by molar-refractivity contribution is -0.144. The van der Waals surface area contributed by atoms with Crippen molar-refractivity contribution in [3.05, 3.63) is 39.8 Å². The summed E-state index contributed by atoms with van der Waals surface area (Å²) in [6.07, 6.45) is 0.0599. The van der Waals surface area contributed by atoms with Crippen LogP contribution in [0.5, 0.6) is 0 Å². The predicted molar refractivity (Wildman–Crippen MR) is 98.0 cm³/mol. The van der Waals surface area contributed by atoms with E-state index in [0.717, 1.165) is 15.0 Å². The molecule has 0 fully saturated rings. The summed E-state index contributed by atoms with van der Waals surface area (Å²) in [5, 5.41) is 14.5. The second kappa shape index (κ2) is 7.44. The number of amides is 1. The minimum absolute atomic E-state index is 0.0599. The van der Waals surface area contributed by atoms with Gasteiger partial charge in [0.05, 0.1) is 12.1 Å². The second-order valence-corrected chi connectivity index (χ2v) is 8.31. The molecule has 2 N–H and O–H groups in total. The molecule has 1 atom stereocenters. The van der Waals surface area contributed by atoms with E-state index >= 15 is 0 Å². The van der Waals surface area contributed by atoms with E-state index in [0.29, 0.717) is 5.69 Å². The molecule has 0 aliphatic carbocycles. The van der Waals surface area contributed by atoms with Crippen molar-refractivity contribution in [1.82, 2.24) is 10.3 Å². The average molecular weight is 411 g/mol. The molecule has 2 aromatic rings. The quantitative estimate of drug-likeness (QED) is 0.786. The lowest BCUT2D eigenvalue weighted by atomic mass is 9.86. The van der Waals surface area contributed by atoms with Crippen molar-refractivity contribution >= 4 is 39.1 Å². The Balaban J connectivity index is 2.06. The Morgan fingerprint density at radius 2 is 2.08 bits per heavy atom. The summed E-state index contributed by atoms with van der Waals surface area (Å²) in [6.45, 7) is 5.33. The zero-order valence-corrected chi connectivity index (χ0v) is 16.1. The lowest BCUT2D eigenvalue weighted by Crippen LogP contribution is -2.49. The van der Waals surface area contributed by atoms with Crippen LogP contribution in [0.4, 0.5) is 0 Å². The van der Waals surface area contributed by atoms with E-state index in [-0.39, 0.29) is 12.3 Å². The van der Waals surface area contributed by atoms with Gasteiger partial charge in [-0.1, -0.05) is 48.8 Å². The number of carbonyl (C=O) groups excluding carboxylic acids is 1. The van der Waals surface area contributed by atoms with Gasteiger partial charge in [-0.3, -0.25) is 4.79 Å². The number of halogens is 1. The van der Waals surface area contributed by atoms with Crippen LogP contribution in [-0.4, -0.2) is 28.0 Å². The molecule has 1 heterocycles. The number of carboxylic acid groups (broad SMARTS) is 1. The summed E-state index contributed by atoms with van der Waals surface area (Å²) in [6, 6.07) is 6.84. The number of nitrogens with one attached hydrogen (secondary N) is 1. The Morgan fingerprint density at radius 3 is 2.67 bits per heavy atom. The molecule has 2 rings (SSSR count). The number of hydrogen-bond donors (Lipinski definition) is 2. The van der Waals surface area contributed by atoms with Crippen molar-refractivity contribution < 1.29 is 14.7 Å². The van der Waals surface area contributed by atoms with E-state index in [4.69, 9.17) is 0 Å². The molecule has 7 heteroatoms. The molecule has 0 spiro atoms. The van der Waals surface area contributed by atoms with Gasteiger partial charge < -0.3 is 10.4 Å². The average Bonchev–Trinajstić information content (AvgIpc) is 2.91. The highest BCUT2D eigenvalue weighted by Crippen LogP contribution is 2.26. The molecule has 0 aliphatic rings. The normalized spacial score (nSPS) is 12.7. The van der Waals surface area contributed by atoms with Crippen LogP contribution in [0.2, 0.25) is 0 Å². The molecule has 0 aliphatic heterocycles. The zero-order chi connectivity index (χ0) is 17.9. The van der Waals surface area contributed by atoms with Crippen LogP contribution in [0.15, 0.2) is 34.1 Å². The SMILES string of the molecule is CC(C)(C)[C@H](NC(=O)Cc1csc(-c2cccc(Br)c2)n1)C(=O)O. The Labute approximate surface area is 153 Å². The molecule has 5 nitrogen and oxygen atoms in total. The van der Waals surface area contributed by atoms with Gasteiger partial charge in [0.1, 0.15) is 11.0 Å². The maximum Gasteiger partial charge on any atom is 0.326 e. The van der Waals surface area contributed by atoms with Crippen LogP contribution in [0.25, 0.3) is 10.6 Å². The highest BCUT2D eigenvalue weighted by atomic mass is 79.9. The van der Waals surface area contributed by atoms with Gasteiger partial charge in [-0.15, -0.1) is 11.3 Å². The van der Waals surface area contributed by atoms with Crippen LogP contribution < -0.4 is 5.32 Å². The Bertz CT molecular complexity index is 752. The van der Waals surface area contributed by atoms with Gasteiger partial charge in [0.2, 0.25) is 5.91 Å². The Kier molecular flexibility index (Phi) is 5.77. The molecule has 1 aromatic carbocycles. The minimum Gasteiger partial charge on any atom is -0.480 e. The summed E-state index contributed by atoms with van der Waals surface area (Å²) in [7, 11) is 0. The summed E-state index contributed by atoms with van der Waals surface area (Å²) in [5.74, 6) is -1.38. The fourth-order valence-corrected chi connectivity index (χ4v) is 3.38. The molecule has 1 amide bonds. The second-order valence-electron chi connectivity index (χ2n) is 6.54. The summed E-state index contributed by atoms with van der Waals surface area (Å²) >= 11 is 4.88. The molecule has 0 saturated carbocycles. The monoisotopic (exact) mass is 410 g/mol. The number of benzene rings is 1. The van der Waals surface area contributed by atoms with Crippen molar-refractivity contribution in [1.29, 1.82) is 0 Å². The van der Waals surface area contributed by atoms with E-state index in [1.54, 1.807) is 20.8 Å². The first kappa shape index (κ1) is 18.6. The van der Waals surface area contributed by atoms with Gasteiger partial charge in [-0.05, 0) is 17.5 Å². The zero-order valence-electron chi connectivity index (χ0n) is 13.7. The molecule has 0 unspecified atom stereocenters. The van der Waals surface area contributed by atoms with E-state index in [1.165, 1.54) is 11.3 Å². The van der Waals surface area contributed by atoms with Crippen molar-refractivity contribution in [2.45, 2.75) is 33.2 Å². The Hall–Kier alpha value is -1.73. The first-order chi connectivity index (χ1) is 11.2. The van der Waals surface area contributed by atoms with Crippen LogP contribution in [0, 0.1) is 5.41 Å². The van der Waals surface area contributed by atoms with E-state index in [9.17, 15) is 14.7 Å². The van der Waals surface area contributed by atoms with Gasteiger partial charge in [0.25, 0.3) is 0 Å². The third kappa shape index (κ3) is 4.88.